The van der Waals surface area contributed by atoms with E-state index in [1.807, 2.05) is 47.3 Å². The molecule has 0 unspecified atom stereocenters. The van der Waals surface area contributed by atoms with Gasteiger partial charge in [0, 0.05) is 18.0 Å². The molecule has 0 aliphatic heterocycles. The lowest BCUT2D eigenvalue weighted by Crippen LogP contribution is -1.99. The van der Waals surface area contributed by atoms with Crippen LogP contribution in [0.15, 0.2) is 66.3 Å². The van der Waals surface area contributed by atoms with Gasteiger partial charge in [0.15, 0.2) is 5.78 Å². The second kappa shape index (κ2) is 6.33. The third-order valence-electron chi connectivity index (χ3n) is 2.26. The van der Waals surface area contributed by atoms with Crippen molar-refractivity contribution in [2.75, 3.05) is 0 Å². The molecule has 0 N–H and O–H groups in total. The van der Waals surface area contributed by atoms with Crippen molar-refractivity contribution < 1.29 is 4.79 Å². The minimum atomic E-state index is -0.0154. The van der Waals surface area contributed by atoms with Crippen LogP contribution in [0.2, 0.25) is 0 Å². The zero-order chi connectivity index (χ0) is 12.8. The number of aromatic nitrogens is 1. The van der Waals surface area contributed by atoms with Crippen molar-refractivity contribution in [1.82, 2.24) is 4.57 Å². The summed E-state index contributed by atoms with van der Waals surface area (Å²) >= 11 is 6.56. The van der Waals surface area contributed by atoms with E-state index in [0.29, 0.717) is 9.88 Å². The van der Waals surface area contributed by atoms with E-state index in [-0.39, 0.29) is 5.78 Å². The van der Waals surface area contributed by atoms with Crippen LogP contribution in [-0.2, 0) is 0 Å². The highest BCUT2D eigenvalue weighted by atomic mass is 32.2. The Labute approximate surface area is 115 Å². The summed E-state index contributed by atoms with van der Waals surface area (Å²) in [6, 6.07) is 13.0. The van der Waals surface area contributed by atoms with Gasteiger partial charge in [0.05, 0.1) is 0 Å². The van der Waals surface area contributed by atoms with Gasteiger partial charge in [-0.25, -0.2) is 0 Å². The van der Waals surface area contributed by atoms with E-state index < -0.39 is 0 Å². The van der Waals surface area contributed by atoms with Gasteiger partial charge in [0.2, 0.25) is 0 Å². The summed E-state index contributed by atoms with van der Waals surface area (Å²) in [7, 11) is 0. The van der Waals surface area contributed by atoms with Crippen LogP contribution < -0.4 is 0 Å². The predicted molar refractivity (Wildman–Crippen MR) is 79.9 cm³/mol. The molecule has 0 atom stereocenters. The van der Waals surface area contributed by atoms with Gasteiger partial charge in [-0.2, -0.15) is 0 Å². The summed E-state index contributed by atoms with van der Waals surface area (Å²) in [5, 5.41) is 1.72. The van der Waals surface area contributed by atoms with Crippen molar-refractivity contribution in [1.29, 1.82) is 0 Å². The molecule has 2 aromatic rings. The third-order valence-corrected chi connectivity index (χ3v) is 3.45. The van der Waals surface area contributed by atoms with Crippen molar-refractivity contribution in [3.63, 3.8) is 0 Å². The number of rotatable bonds is 3. The summed E-state index contributed by atoms with van der Waals surface area (Å²) in [4.78, 5) is 11.8. The number of hydrogen-bond donors (Lipinski definition) is 0. The van der Waals surface area contributed by atoms with Gasteiger partial charge in [0.25, 0.3) is 0 Å². The molecule has 2 rings (SSSR count). The summed E-state index contributed by atoms with van der Waals surface area (Å²) in [5.41, 5.74) is 0.682. The lowest BCUT2D eigenvalue weighted by atomic mass is 10.1. The molecule has 18 heavy (non-hydrogen) atoms. The van der Waals surface area contributed by atoms with E-state index in [0.717, 1.165) is 0 Å². The molecule has 0 aliphatic carbocycles. The van der Waals surface area contributed by atoms with Gasteiger partial charge >= 0.3 is 0 Å². The Morgan fingerprint density at radius 2 is 1.78 bits per heavy atom. The van der Waals surface area contributed by atoms with E-state index >= 15 is 0 Å². The Morgan fingerprint density at radius 1 is 1.11 bits per heavy atom. The number of carbonyl (C=O) groups is 1. The van der Waals surface area contributed by atoms with Gasteiger partial charge in [-0.3, -0.25) is 4.79 Å². The first-order valence-corrected chi connectivity index (χ1v) is 6.66. The number of carbonyl (C=O) groups excluding carboxylic acids is 1. The number of nitrogens with zero attached hydrogens (tertiary/aromatic N) is 1. The van der Waals surface area contributed by atoms with Crippen LogP contribution >= 0.6 is 24.0 Å². The lowest BCUT2D eigenvalue weighted by molar-refractivity contribution is 0.104. The Morgan fingerprint density at radius 3 is 2.44 bits per heavy atom. The monoisotopic (exact) mass is 273 g/mol. The zero-order valence-corrected chi connectivity index (χ0v) is 11.2. The summed E-state index contributed by atoms with van der Waals surface area (Å²) in [6.45, 7) is 0. The SMILES string of the molecule is O=C(C=CSC(=S)n1cccc1)c1ccccc1. The highest BCUT2D eigenvalue weighted by Gasteiger charge is 2.00. The Balaban J connectivity index is 1.93. The maximum atomic E-state index is 11.8. The van der Waals surface area contributed by atoms with Crippen LogP contribution in [0.3, 0.4) is 0 Å². The maximum Gasteiger partial charge on any atom is 0.186 e. The fourth-order valence-corrected chi connectivity index (χ4v) is 2.21. The van der Waals surface area contributed by atoms with Gasteiger partial charge < -0.3 is 4.57 Å². The second-order valence-electron chi connectivity index (χ2n) is 3.51. The average Bonchev–Trinajstić information content (AvgIpc) is 2.93. The molecule has 0 spiro atoms. The quantitative estimate of drug-likeness (QED) is 0.483. The first-order chi connectivity index (χ1) is 8.77. The van der Waals surface area contributed by atoms with Crippen LogP contribution in [0.25, 0.3) is 0 Å². The Kier molecular flexibility index (Phi) is 4.50. The molecule has 2 nitrogen and oxygen atoms in total. The number of benzene rings is 1. The Bertz CT molecular complexity index is 559. The highest BCUT2D eigenvalue weighted by molar-refractivity contribution is 8.24. The standard InChI is InChI=1S/C14H11NOS2/c16-13(12-6-2-1-3-7-12)8-11-18-14(17)15-9-4-5-10-15/h1-11H. The fraction of sp³-hybridized carbons (Fsp3) is 0. The molecule has 1 heterocycles. The molecule has 0 aliphatic rings. The number of thioether (sulfide) groups is 1. The first kappa shape index (κ1) is 12.8. The van der Waals surface area contributed by atoms with Crippen molar-refractivity contribution in [3.05, 3.63) is 71.9 Å². The van der Waals surface area contributed by atoms with Gasteiger partial charge in [-0.05, 0) is 23.6 Å². The van der Waals surface area contributed by atoms with Crippen molar-refractivity contribution >= 4 is 34.1 Å². The molecule has 90 valence electrons. The van der Waals surface area contributed by atoms with Crippen molar-refractivity contribution in [2.24, 2.45) is 0 Å². The summed E-state index contributed by atoms with van der Waals surface area (Å²) < 4.78 is 2.52. The first-order valence-electron chi connectivity index (χ1n) is 5.37. The fourth-order valence-electron chi connectivity index (χ4n) is 1.37. The van der Waals surface area contributed by atoms with E-state index in [1.54, 1.807) is 17.5 Å². The average molecular weight is 273 g/mol. The van der Waals surface area contributed by atoms with Crippen LogP contribution in [0.5, 0.6) is 0 Å². The molecule has 1 aromatic carbocycles. The Hall–Kier alpha value is -1.65. The van der Waals surface area contributed by atoms with Crippen molar-refractivity contribution in [2.45, 2.75) is 0 Å². The van der Waals surface area contributed by atoms with Crippen LogP contribution in [0, 0.1) is 0 Å². The minimum absolute atomic E-state index is 0.0154. The second-order valence-corrected chi connectivity index (χ2v) is 5.05. The number of allylic oxidation sites excluding steroid dienone is 1. The van der Waals surface area contributed by atoms with Crippen LogP contribution in [0.1, 0.15) is 10.4 Å². The van der Waals surface area contributed by atoms with E-state index in [1.165, 1.54) is 17.8 Å². The topological polar surface area (TPSA) is 22.0 Å². The van der Waals surface area contributed by atoms with Crippen molar-refractivity contribution in [3.8, 4) is 0 Å². The van der Waals surface area contributed by atoms with Gasteiger partial charge in [-0.15, -0.1) is 0 Å². The third kappa shape index (κ3) is 3.42. The summed E-state index contributed by atoms with van der Waals surface area (Å²) in [6.07, 6.45) is 5.29. The van der Waals surface area contributed by atoms with Crippen LogP contribution in [-0.4, -0.2) is 14.7 Å². The predicted octanol–water partition coefficient (Wildman–Crippen LogP) is 3.75. The molecule has 0 radical (unpaired) electrons. The number of thiocarbonyl (C=S) groups is 1. The number of ketones is 1. The van der Waals surface area contributed by atoms with E-state index in [2.05, 4.69) is 0 Å². The molecular formula is C14H11NOS2. The maximum absolute atomic E-state index is 11.8. The van der Waals surface area contributed by atoms with E-state index in [4.69, 9.17) is 12.2 Å². The van der Waals surface area contributed by atoms with Gasteiger partial charge in [0.1, 0.15) is 4.32 Å². The molecule has 1 aromatic heterocycles. The van der Waals surface area contributed by atoms with Crippen LogP contribution in [0.4, 0.5) is 0 Å². The number of hydrogen-bond acceptors (Lipinski definition) is 3. The normalized spacial score (nSPS) is 10.7. The molecule has 0 fully saturated rings. The smallest absolute Gasteiger partial charge is 0.186 e. The minimum Gasteiger partial charge on any atom is -0.309 e. The molecule has 4 heteroatoms. The molecule has 0 amide bonds. The summed E-state index contributed by atoms with van der Waals surface area (Å²) in [5.74, 6) is -0.0154. The van der Waals surface area contributed by atoms with Gasteiger partial charge in [-0.1, -0.05) is 54.3 Å². The molecule has 0 saturated carbocycles. The highest BCUT2D eigenvalue weighted by Crippen LogP contribution is 2.10. The molecule has 0 bridgehead atoms. The molecular weight excluding hydrogens is 262 g/mol. The van der Waals surface area contributed by atoms with E-state index in [9.17, 15) is 4.79 Å². The molecule has 0 saturated heterocycles. The zero-order valence-electron chi connectivity index (χ0n) is 9.52. The lowest BCUT2D eigenvalue weighted by Gasteiger charge is -1.99. The largest absolute Gasteiger partial charge is 0.309 e.